The lowest BCUT2D eigenvalue weighted by Gasteiger charge is -2.35. The lowest BCUT2D eigenvalue weighted by molar-refractivity contribution is -0.141. The highest BCUT2D eigenvalue weighted by atomic mass is 16.4. The topological polar surface area (TPSA) is 114 Å². The summed E-state index contributed by atoms with van der Waals surface area (Å²) >= 11 is 0. The van der Waals surface area contributed by atoms with Gasteiger partial charge >= 0.3 is 5.97 Å². The molecular weight excluding hydrogens is 432 g/mol. The Morgan fingerprint density at radius 3 is 2.32 bits per heavy atom. The zero-order valence-electron chi connectivity index (χ0n) is 20.1. The SMILES string of the molecule is CC[C@](CC(=O)NC(C)C(=O)O)(c1cncc(-c2c(C)cncc2C)c1)n1ccc(C)cc1=O. The lowest BCUT2D eigenvalue weighted by Crippen LogP contribution is -2.47. The molecule has 3 heterocycles. The Labute approximate surface area is 198 Å². The van der Waals surface area contributed by atoms with Crippen LogP contribution in [0.1, 0.15) is 48.9 Å². The minimum Gasteiger partial charge on any atom is -0.480 e. The fourth-order valence-corrected chi connectivity index (χ4v) is 4.36. The summed E-state index contributed by atoms with van der Waals surface area (Å²) < 4.78 is 1.55. The Balaban J connectivity index is 2.21. The molecule has 178 valence electrons. The van der Waals surface area contributed by atoms with Crippen LogP contribution in [0.3, 0.4) is 0 Å². The van der Waals surface area contributed by atoms with E-state index in [2.05, 4.69) is 15.3 Å². The second-order valence-electron chi connectivity index (χ2n) is 8.71. The zero-order valence-corrected chi connectivity index (χ0v) is 20.1. The van der Waals surface area contributed by atoms with Crippen molar-refractivity contribution in [2.24, 2.45) is 0 Å². The number of aryl methyl sites for hydroxylation is 3. The van der Waals surface area contributed by atoms with Crippen LogP contribution >= 0.6 is 0 Å². The van der Waals surface area contributed by atoms with Gasteiger partial charge in [0.1, 0.15) is 6.04 Å². The second kappa shape index (κ2) is 9.99. The van der Waals surface area contributed by atoms with Crippen molar-refractivity contribution in [2.45, 2.75) is 59.0 Å². The van der Waals surface area contributed by atoms with Crippen LogP contribution in [0.4, 0.5) is 0 Å². The molecule has 3 rings (SSSR count). The van der Waals surface area contributed by atoms with Gasteiger partial charge in [-0.1, -0.05) is 6.92 Å². The highest BCUT2D eigenvalue weighted by Crippen LogP contribution is 2.35. The molecule has 1 amide bonds. The van der Waals surface area contributed by atoms with E-state index in [9.17, 15) is 19.5 Å². The van der Waals surface area contributed by atoms with Crippen LogP contribution in [0.15, 0.2) is 54.0 Å². The minimum absolute atomic E-state index is 0.121. The zero-order chi connectivity index (χ0) is 25.0. The van der Waals surface area contributed by atoms with Gasteiger partial charge < -0.3 is 15.0 Å². The molecule has 0 aliphatic carbocycles. The van der Waals surface area contributed by atoms with Crippen molar-refractivity contribution in [3.63, 3.8) is 0 Å². The smallest absolute Gasteiger partial charge is 0.325 e. The third-order valence-electron chi connectivity index (χ3n) is 6.21. The van der Waals surface area contributed by atoms with Crippen LogP contribution in [-0.2, 0) is 15.1 Å². The van der Waals surface area contributed by atoms with Crippen molar-refractivity contribution in [1.29, 1.82) is 0 Å². The van der Waals surface area contributed by atoms with Crippen molar-refractivity contribution in [3.8, 4) is 11.1 Å². The number of aromatic nitrogens is 3. The molecule has 8 nitrogen and oxygen atoms in total. The van der Waals surface area contributed by atoms with Gasteiger partial charge in [0.2, 0.25) is 5.91 Å². The monoisotopic (exact) mass is 462 g/mol. The number of carboxylic acid groups (broad SMARTS) is 1. The first-order valence-corrected chi connectivity index (χ1v) is 11.2. The third-order valence-corrected chi connectivity index (χ3v) is 6.21. The van der Waals surface area contributed by atoms with E-state index in [1.807, 2.05) is 39.8 Å². The number of nitrogens with zero attached hydrogens (tertiary/aromatic N) is 3. The molecule has 34 heavy (non-hydrogen) atoms. The van der Waals surface area contributed by atoms with E-state index in [0.717, 1.165) is 27.8 Å². The molecule has 0 bridgehead atoms. The molecule has 0 saturated carbocycles. The van der Waals surface area contributed by atoms with Crippen LogP contribution in [-0.4, -0.2) is 37.6 Å². The Bertz CT molecular complexity index is 1260. The Morgan fingerprint density at radius 2 is 1.74 bits per heavy atom. The maximum absolute atomic E-state index is 13.1. The summed E-state index contributed by atoms with van der Waals surface area (Å²) in [6.07, 6.45) is 8.96. The van der Waals surface area contributed by atoms with Crippen molar-refractivity contribution < 1.29 is 14.7 Å². The summed E-state index contributed by atoms with van der Waals surface area (Å²) in [5.41, 5.74) is 4.01. The molecule has 8 heteroatoms. The fraction of sp³-hybridized carbons (Fsp3) is 0.346. The molecule has 0 aliphatic heterocycles. The number of carboxylic acids is 1. The standard InChI is InChI=1S/C26H30N4O4/c1-6-26(11-22(31)29-19(5)25(33)34,30-8-7-16(2)9-23(30)32)21-10-20(14-28-15-21)24-17(3)12-27-13-18(24)4/h7-10,12-15,19H,6,11H2,1-5H3,(H,29,31)(H,33,34)/t19?,26-/m0/s1. The van der Waals surface area contributed by atoms with Crippen molar-refractivity contribution >= 4 is 11.9 Å². The second-order valence-corrected chi connectivity index (χ2v) is 8.71. The van der Waals surface area contributed by atoms with Gasteiger partial charge in [0.05, 0.1) is 12.0 Å². The van der Waals surface area contributed by atoms with Gasteiger partial charge in [0, 0.05) is 42.6 Å². The number of carbonyl (C=O) groups excluding carboxylic acids is 1. The first-order chi connectivity index (χ1) is 16.1. The van der Waals surface area contributed by atoms with Crippen molar-refractivity contribution in [3.05, 3.63) is 81.8 Å². The molecule has 0 aromatic carbocycles. The first kappa shape index (κ1) is 24.8. The average Bonchev–Trinajstić information content (AvgIpc) is 2.78. The Morgan fingerprint density at radius 1 is 1.09 bits per heavy atom. The first-order valence-electron chi connectivity index (χ1n) is 11.2. The number of aliphatic carboxylic acids is 1. The molecule has 0 fully saturated rings. The van der Waals surface area contributed by atoms with Crippen LogP contribution < -0.4 is 10.9 Å². The summed E-state index contributed by atoms with van der Waals surface area (Å²) in [7, 11) is 0. The highest BCUT2D eigenvalue weighted by molar-refractivity contribution is 5.84. The van der Waals surface area contributed by atoms with Crippen molar-refractivity contribution in [2.75, 3.05) is 0 Å². The van der Waals surface area contributed by atoms with E-state index in [-0.39, 0.29) is 12.0 Å². The number of pyridine rings is 3. The van der Waals surface area contributed by atoms with Gasteiger partial charge in [-0.25, -0.2) is 0 Å². The van der Waals surface area contributed by atoms with E-state index in [1.54, 1.807) is 35.6 Å². The summed E-state index contributed by atoms with van der Waals surface area (Å²) in [6, 6.07) is 4.24. The number of amides is 1. The highest BCUT2D eigenvalue weighted by Gasteiger charge is 2.37. The molecule has 1 unspecified atom stereocenters. The van der Waals surface area contributed by atoms with E-state index in [4.69, 9.17) is 0 Å². The van der Waals surface area contributed by atoms with Crippen LogP contribution in [0, 0.1) is 20.8 Å². The number of hydrogen-bond donors (Lipinski definition) is 2. The molecule has 0 aliphatic rings. The maximum atomic E-state index is 13.1. The molecule has 2 atom stereocenters. The third kappa shape index (κ3) is 4.90. The normalized spacial score (nSPS) is 13.7. The van der Waals surface area contributed by atoms with Gasteiger partial charge in [-0.05, 0) is 74.1 Å². The number of nitrogens with one attached hydrogen (secondary N) is 1. The van der Waals surface area contributed by atoms with E-state index < -0.39 is 23.5 Å². The molecule has 0 spiro atoms. The van der Waals surface area contributed by atoms with Crippen LogP contribution in [0.5, 0.6) is 0 Å². The Hall–Kier alpha value is -3.81. The van der Waals surface area contributed by atoms with Crippen LogP contribution in [0.25, 0.3) is 11.1 Å². The molecule has 3 aromatic rings. The Kier molecular flexibility index (Phi) is 7.29. The van der Waals surface area contributed by atoms with Gasteiger partial charge in [-0.15, -0.1) is 0 Å². The summed E-state index contributed by atoms with van der Waals surface area (Å²) in [4.78, 5) is 46.1. The number of hydrogen-bond acceptors (Lipinski definition) is 5. The predicted molar refractivity (Wildman–Crippen MR) is 130 cm³/mol. The summed E-state index contributed by atoms with van der Waals surface area (Å²) in [5, 5.41) is 11.7. The van der Waals surface area contributed by atoms with Gasteiger partial charge in [-0.3, -0.25) is 24.4 Å². The maximum Gasteiger partial charge on any atom is 0.325 e. The van der Waals surface area contributed by atoms with Crippen molar-refractivity contribution in [1.82, 2.24) is 19.9 Å². The predicted octanol–water partition coefficient (Wildman–Crippen LogP) is 3.36. The quantitative estimate of drug-likeness (QED) is 0.531. The fourth-order valence-electron chi connectivity index (χ4n) is 4.36. The summed E-state index contributed by atoms with van der Waals surface area (Å²) in [5.74, 6) is -1.60. The van der Waals surface area contributed by atoms with E-state index in [1.165, 1.54) is 13.0 Å². The molecule has 2 N–H and O–H groups in total. The van der Waals surface area contributed by atoms with E-state index in [0.29, 0.717) is 12.0 Å². The van der Waals surface area contributed by atoms with Gasteiger partial charge in [0.25, 0.3) is 5.56 Å². The number of carbonyl (C=O) groups is 2. The lowest BCUT2D eigenvalue weighted by atomic mass is 9.82. The molecule has 3 aromatic heterocycles. The van der Waals surface area contributed by atoms with Gasteiger partial charge in [-0.2, -0.15) is 0 Å². The largest absolute Gasteiger partial charge is 0.480 e. The average molecular weight is 463 g/mol. The number of rotatable bonds is 8. The van der Waals surface area contributed by atoms with Crippen LogP contribution in [0.2, 0.25) is 0 Å². The van der Waals surface area contributed by atoms with Gasteiger partial charge in [0.15, 0.2) is 0 Å². The van der Waals surface area contributed by atoms with E-state index >= 15 is 0 Å². The minimum atomic E-state index is -1.13. The molecular formula is C26H30N4O4. The molecule has 0 saturated heterocycles. The molecule has 0 radical (unpaired) electrons. The summed E-state index contributed by atoms with van der Waals surface area (Å²) in [6.45, 7) is 9.08.